The molecule has 1 saturated carbocycles. The molecule has 11 nitrogen and oxygen atoms in total. The van der Waals surface area contributed by atoms with Crippen LogP contribution in [0.25, 0.3) is 0 Å². The van der Waals surface area contributed by atoms with Crippen molar-refractivity contribution in [3.05, 3.63) is 53.3 Å². The van der Waals surface area contributed by atoms with Crippen molar-refractivity contribution in [1.82, 2.24) is 20.5 Å². The summed E-state index contributed by atoms with van der Waals surface area (Å²) < 4.78 is 16.9. The van der Waals surface area contributed by atoms with Crippen molar-refractivity contribution in [3.8, 4) is 11.5 Å². The van der Waals surface area contributed by atoms with E-state index in [1.54, 1.807) is 36.2 Å². The topological polar surface area (TPSA) is 136 Å². The molecule has 1 aromatic heterocycles. The van der Waals surface area contributed by atoms with Crippen LogP contribution in [0.15, 0.2) is 36.7 Å². The quantitative estimate of drug-likeness (QED) is 0.488. The Hall–Kier alpha value is -4.15. The lowest BCUT2D eigenvalue weighted by Gasteiger charge is -2.32. The SMILES string of the molecule is CCOC(=O)C1(CC2CC2)CNC(=O)CCCN(C(=O)c2cncc(C)c2)CCNC(=O)COc2cc(ccc2OC)C1. The van der Waals surface area contributed by atoms with Gasteiger partial charge < -0.3 is 29.7 Å². The van der Waals surface area contributed by atoms with Crippen LogP contribution in [-0.2, 0) is 25.5 Å². The summed E-state index contributed by atoms with van der Waals surface area (Å²) in [7, 11) is 1.52. The van der Waals surface area contributed by atoms with E-state index in [2.05, 4.69) is 15.6 Å². The van der Waals surface area contributed by atoms with E-state index in [9.17, 15) is 19.2 Å². The molecular weight excluding hydrogens is 552 g/mol. The molecule has 43 heavy (non-hydrogen) atoms. The molecule has 1 unspecified atom stereocenters. The molecule has 1 aromatic carbocycles. The Bertz CT molecular complexity index is 1310. The van der Waals surface area contributed by atoms with E-state index < -0.39 is 5.41 Å². The smallest absolute Gasteiger partial charge is 0.314 e. The predicted molar refractivity (Wildman–Crippen MR) is 159 cm³/mol. The number of amides is 3. The first-order chi connectivity index (χ1) is 20.7. The number of carbonyl (C=O) groups excluding carboxylic acids is 4. The number of aromatic nitrogens is 1. The number of methoxy groups -OCH3 is 1. The largest absolute Gasteiger partial charge is 0.493 e. The van der Waals surface area contributed by atoms with Gasteiger partial charge in [0.25, 0.3) is 11.8 Å². The van der Waals surface area contributed by atoms with E-state index in [0.29, 0.717) is 48.8 Å². The number of nitrogens with one attached hydrogen (secondary N) is 2. The van der Waals surface area contributed by atoms with Crippen LogP contribution in [0.4, 0.5) is 0 Å². The first-order valence-electron chi connectivity index (χ1n) is 14.9. The summed E-state index contributed by atoms with van der Waals surface area (Å²) in [5.41, 5.74) is 1.13. The van der Waals surface area contributed by atoms with Crippen LogP contribution < -0.4 is 20.1 Å². The van der Waals surface area contributed by atoms with Crippen LogP contribution >= 0.6 is 0 Å². The van der Waals surface area contributed by atoms with Crippen LogP contribution in [0.5, 0.6) is 11.5 Å². The molecule has 1 aliphatic heterocycles. The average Bonchev–Trinajstić information content (AvgIpc) is 3.81. The van der Waals surface area contributed by atoms with Crippen molar-refractivity contribution < 1.29 is 33.4 Å². The molecule has 0 radical (unpaired) electrons. The zero-order valence-corrected chi connectivity index (χ0v) is 25.3. The third kappa shape index (κ3) is 8.92. The average molecular weight is 595 g/mol. The van der Waals surface area contributed by atoms with Gasteiger partial charge in [0.15, 0.2) is 18.1 Å². The molecule has 0 saturated heterocycles. The van der Waals surface area contributed by atoms with E-state index in [0.717, 1.165) is 24.0 Å². The number of ether oxygens (including phenoxy) is 3. The summed E-state index contributed by atoms with van der Waals surface area (Å²) >= 11 is 0. The zero-order chi connectivity index (χ0) is 30.8. The monoisotopic (exact) mass is 594 g/mol. The molecule has 3 amide bonds. The fourth-order valence-corrected chi connectivity index (χ4v) is 5.41. The molecule has 2 heterocycles. The molecule has 2 N–H and O–H groups in total. The van der Waals surface area contributed by atoms with Crippen molar-refractivity contribution in [3.63, 3.8) is 0 Å². The lowest BCUT2D eigenvalue weighted by molar-refractivity contribution is -0.156. The lowest BCUT2D eigenvalue weighted by atomic mass is 9.76. The van der Waals surface area contributed by atoms with E-state index >= 15 is 0 Å². The molecule has 232 valence electrons. The van der Waals surface area contributed by atoms with Crippen LogP contribution in [0.2, 0.25) is 0 Å². The van der Waals surface area contributed by atoms with Gasteiger partial charge in [0.05, 0.1) is 24.7 Å². The predicted octanol–water partition coefficient (Wildman–Crippen LogP) is 2.84. The highest BCUT2D eigenvalue weighted by molar-refractivity contribution is 5.94. The number of hydrogen-bond acceptors (Lipinski definition) is 8. The molecule has 1 aliphatic carbocycles. The Morgan fingerprint density at radius 1 is 1.12 bits per heavy atom. The van der Waals surface area contributed by atoms with E-state index in [-0.39, 0.29) is 63.0 Å². The number of esters is 1. The number of carbonyl (C=O) groups is 4. The van der Waals surface area contributed by atoms with Gasteiger partial charge in [-0.1, -0.05) is 18.9 Å². The number of hydrogen-bond donors (Lipinski definition) is 2. The second-order valence-corrected chi connectivity index (χ2v) is 11.4. The van der Waals surface area contributed by atoms with E-state index in [1.165, 1.54) is 13.3 Å². The maximum Gasteiger partial charge on any atom is 0.314 e. The van der Waals surface area contributed by atoms with Crippen LogP contribution in [0.1, 0.15) is 60.5 Å². The van der Waals surface area contributed by atoms with Crippen LogP contribution in [-0.4, -0.2) is 80.1 Å². The number of pyridine rings is 1. The highest BCUT2D eigenvalue weighted by Gasteiger charge is 2.44. The summed E-state index contributed by atoms with van der Waals surface area (Å²) in [6.45, 7) is 4.49. The van der Waals surface area contributed by atoms with Gasteiger partial charge in [-0.15, -0.1) is 0 Å². The fraction of sp³-hybridized carbons (Fsp3) is 0.531. The normalized spacial score (nSPS) is 20.5. The summed E-state index contributed by atoms with van der Waals surface area (Å²) in [5.74, 6) is 0.0588. The molecule has 2 aliphatic rings. The molecule has 1 fully saturated rings. The molecular formula is C32H42N4O7. The Labute approximate surface area is 252 Å². The molecule has 2 bridgehead atoms. The minimum absolute atomic E-state index is 0.128. The maximum atomic E-state index is 13.5. The second kappa shape index (κ2) is 14.8. The second-order valence-electron chi connectivity index (χ2n) is 11.4. The van der Waals surface area contributed by atoms with Crippen molar-refractivity contribution in [2.24, 2.45) is 11.3 Å². The van der Waals surface area contributed by atoms with Gasteiger partial charge in [-0.05, 0) is 68.4 Å². The van der Waals surface area contributed by atoms with Crippen molar-refractivity contribution in [2.75, 3.05) is 46.5 Å². The molecule has 11 heteroatoms. The van der Waals surface area contributed by atoms with Gasteiger partial charge in [-0.3, -0.25) is 24.2 Å². The lowest BCUT2D eigenvalue weighted by Crippen LogP contribution is -2.46. The minimum atomic E-state index is -0.971. The first kappa shape index (κ1) is 31.8. The van der Waals surface area contributed by atoms with Crippen molar-refractivity contribution in [2.45, 2.75) is 52.4 Å². The Morgan fingerprint density at radius 2 is 1.93 bits per heavy atom. The third-order valence-electron chi connectivity index (χ3n) is 7.78. The maximum absolute atomic E-state index is 13.5. The summed E-state index contributed by atoms with van der Waals surface area (Å²) in [6.07, 6.45) is 6.73. The standard InChI is InChI=1S/C32H42N4O7/c1-4-42-31(40)32(16-23-7-8-23)17-24-9-10-26(41-3)27(15-24)43-20-29(38)34-11-13-36(12-5-6-28(37)35-21-32)30(39)25-14-22(2)18-33-19-25/h9-10,14-15,18-19,23H,4-8,11-13,16-17,20-21H2,1-3H3,(H,34,38)(H,35,37). The number of benzene rings is 1. The van der Waals surface area contributed by atoms with Gasteiger partial charge in [0.2, 0.25) is 5.91 Å². The number of aryl methyl sites for hydroxylation is 1. The number of fused-ring (bicyclic) bond motifs is 2. The third-order valence-corrected chi connectivity index (χ3v) is 7.78. The highest BCUT2D eigenvalue weighted by atomic mass is 16.5. The van der Waals surface area contributed by atoms with Crippen molar-refractivity contribution in [1.29, 1.82) is 0 Å². The highest BCUT2D eigenvalue weighted by Crippen LogP contribution is 2.43. The van der Waals surface area contributed by atoms with Crippen LogP contribution in [0.3, 0.4) is 0 Å². The van der Waals surface area contributed by atoms with Gasteiger partial charge in [-0.25, -0.2) is 0 Å². The molecule has 2 aromatic rings. The van der Waals surface area contributed by atoms with Gasteiger partial charge in [0, 0.05) is 45.0 Å². The minimum Gasteiger partial charge on any atom is -0.493 e. The van der Waals surface area contributed by atoms with E-state index in [4.69, 9.17) is 14.2 Å². The Balaban J connectivity index is 1.60. The summed E-state index contributed by atoms with van der Waals surface area (Å²) in [4.78, 5) is 58.3. The van der Waals surface area contributed by atoms with E-state index in [1.807, 2.05) is 13.0 Å². The Kier molecular flexibility index (Phi) is 11.0. The molecule has 0 spiro atoms. The first-order valence-corrected chi connectivity index (χ1v) is 14.9. The zero-order valence-electron chi connectivity index (χ0n) is 25.3. The molecule has 1 atom stereocenters. The Morgan fingerprint density at radius 3 is 2.65 bits per heavy atom. The number of nitrogens with zero attached hydrogens (tertiary/aromatic N) is 2. The van der Waals surface area contributed by atoms with Gasteiger partial charge >= 0.3 is 5.97 Å². The van der Waals surface area contributed by atoms with Gasteiger partial charge in [0.1, 0.15) is 0 Å². The number of rotatable bonds is 6. The fourth-order valence-electron chi connectivity index (χ4n) is 5.41. The van der Waals surface area contributed by atoms with Crippen LogP contribution in [0, 0.1) is 18.3 Å². The van der Waals surface area contributed by atoms with Crippen molar-refractivity contribution >= 4 is 23.7 Å². The molecule has 4 rings (SSSR count). The van der Waals surface area contributed by atoms with Gasteiger partial charge in [-0.2, -0.15) is 0 Å². The summed E-state index contributed by atoms with van der Waals surface area (Å²) in [6, 6.07) is 7.14. The summed E-state index contributed by atoms with van der Waals surface area (Å²) in [5, 5.41) is 5.81.